The second-order valence-corrected chi connectivity index (χ2v) is 5.13. The second kappa shape index (κ2) is 7.96. The molecule has 1 unspecified atom stereocenters. The Morgan fingerprint density at radius 1 is 1.41 bits per heavy atom. The molecule has 0 spiro atoms. The summed E-state index contributed by atoms with van der Waals surface area (Å²) in [5, 5.41) is 22.0. The maximum atomic E-state index is 11.7. The van der Waals surface area contributed by atoms with Crippen molar-refractivity contribution in [2.45, 2.75) is 26.3 Å². The monoisotopic (exact) mass is 310 g/mol. The molecule has 0 aliphatic rings. The van der Waals surface area contributed by atoms with Crippen LogP contribution in [0.1, 0.15) is 20.3 Å². The lowest BCUT2D eigenvalue weighted by Crippen LogP contribution is -2.43. The number of amides is 1. The van der Waals surface area contributed by atoms with Crippen LogP contribution in [-0.4, -0.2) is 34.6 Å². The van der Waals surface area contributed by atoms with Crippen LogP contribution < -0.4 is 10.1 Å². The van der Waals surface area contributed by atoms with Gasteiger partial charge in [-0.1, -0.05) is 19.9 Å². The highest BCUT2D eigenvalue weighted by molar-refractivity contribution is 5.84. The number of ether oxygens (including phenoxy) is 1. The van der Waals surface area contributed by atoms with E-state index in [0.29, 0.717) is 6.42 Å². The van der Waals surface area contributed by atoms with Crippen molar-refractivity contribution in [2.24, 2.45) is 5.92 Å². The third-order valence-corrected chi connectivity index (χ3v) is 2.74. The zero-order valence-electron chi connectivity index (χ0n) is 12.3. The molecule has 8 heteroatoms. The fraction of sp³-hybridized carbons (Fsp3) is 0.429. The highest BCUT2D eigenvalue weighted by Crippen LogP contribution is 2.18. The van der Waals surface area contributed by atoms with E-state index in [1.165, 1.54) is 24.3 Å². The average Bonchev–Trinajstić information content (AvgIpc) is 2.44. The highest BCUT2D eigenvalue weighted by Gasteiger charge is 2.21. The summed E-state index contributed by atoms with van der Waals surface area (Å²) in [5.74, 6) is -1.43. The van der Waals surface area contributed by atoms with Crippen molar-refractivity contribution in [1.29, 1.82) is 0 Å². The van der Waals surface area contributed by atoms with Gasteiger partial charge in [0.2, 0.25) is 0 Å². The zero-order valence-corrected chi connectivity index (χ0v) is 12.3. The molecule has 0 aliphatic heterocycles. The number of hydrogen-bond donors (Lipinski definition) is 2. The van der Waals surface area contributed by atoms with Crippen LogP contribution in [-0.2, 0) is 9.59 Å². The van der Waals surface area contributed by atoms with Crippen LogP contribution in [0.25, 0.3) is 0 Å². The number of nitrogens with one attached hydrogen (secondary N) is 1. The number of benzene rings is 1. The van der Waals surface area contributed by atoms with Gasteiger partial charge in [-0.3, -0.25) is 14.9 Å². The molecular formula is C14H18N2O6. The van der Waals surface area contributed by atoms with E-state index in [1.807, 2.05) is 13.8 Å². The number of non-ortho nitro benzene ring substituents is 1. The number of carboxylic acids is 1. The third-order valence-electron chi connectivity index (χ3n) is 2.74. The first-order chi connectivity index (χ1) is 10.3. The lowest BCUT2D eigenvalue weighted by Gasteiger charge is -2.16. The number of aliphatic carboxylic acids is 1. The molecule has 8 nitrogen and oxygen atoms in total. The van der Waals surface area contributed by atoms with Gasteiger partial charge in [-0.2, -0.15) is 0 Å². The largest absolute Gasteiger partial charge is 0.484 e. The van der Waals surface area contributed by atoms with E-state index in [4.69, 9.17) is 9.84 Å². The summed E-state index contributed by atoms with van der Waals surface area (Å²) in [5.41, 5.74) is -0.152. The summed E-state index contributed by atoms with van der Waals surface area (Å²) in [6.07, 6.45) is 0.303. The first kappa shape index (κ1) is 17.4. The van der Waals surface area contributed by atoms with Gasteiger partial charge in [0.05, 0.1) is 11.0 Å². The van der Waals surface area contributed by atoms with Crippen LogP contribution in [0.4, 0.5) is 5.69 Å². The van der Waals surface area contributed by atoms with E-state index in [9.17, 15) is 19.7 Å². The van der Waals surface area contributed by atoms with Crippen molar-refractivity contribution < 1.29 is 24.4 Å². The molecule has 0 fully saturated rings. The Kier molecular flexibility index (Phi) is 6.30. The van der Waals surface area contributed by atoms with Gasteiger partial charge >= 0.3 is 5.97 Å². The van der Waals surface area contributed by atoms with Gasteiger partial charge in [0, 0.05) is 6.07 Å². The van der Waals surface area contributed by atoms with Crippen molar-refractivity contribution in [3.05, 3.63) is 34.4 Å². The Bertz CT molecular complexity index is 558. The Morgan fingerprint density at radius 3 is 2.64 bits per heavy atom. The Labute approximate surface area is 127 Å². The van der Waals surface area contributed by atoms with Crippen LogP contribution in [0.5, 0.6) is 5.75 Å². The molecule has 0 bridgehead atoms. The first-order valence-corrected chi connectivity index (χ1v) is 6.69. The minimum Gasteiger partial charge on any atom is -0.484 e. The summed E-state index contributed by atoms with van der Waals surface area (Å²) in [6.45, 7) is 3.28. The van der Waals surface area contributed by atoms with Gasteiger partial charge in [0.1, 0.15) is 11.8 Å². The van der Waals surface area contributed by atoms with Crippen molar-refractivity contribution in [1.82, 2.24) is 5.32 Å². The summed E-state index contributed by atoms with van der Waals surface area (Å²) in [4.78, 5) is 32.8. The van der Waals surface area contributed by atoms with E-state index in [-0.39, 0.29) is 17.4 Å². The van der Waals surface area contributed by atoms with Crippen molar-refractivity contribution in [2.75, 3.05) is 6.61 Å². The van der Waals surface area contributed by atoms with Gasteiger partial charge < -0.3 is 15.2 Å². The molecule has 0 aromatic heterocycles. The van der Waals surface area contributed by atoms with E-state index in [2.05, 4.69) is 5.32 Å². The molecule has 120 valence electrons. The van der Waals surface area contributed by atoms with Crippen LogP contribution >= 0.6 is 0 Å². The highest BCUT2D eigenvalue weighted by atomic mass is 16.6. The molecule has 0 heterocycles. The lowest BCUT2D eigenvalue weighted by molar-refractivity contribution is -0.384. The SMILES string of the molecule is CC(C)CC(NC(=O)COc1cccc([N+](=O)[O-])c1)C(=O)O. The summed E-state index contributed by atoms with van der Waals surface area (Å²) in [7, 11) is 0. The van der Waals surface area contributed by atoms with Crippen LogP contribution in [0.3, 0.4) is 0 Å². The molecule has 1 rings (SSSR count). The maximum Gasteiger partial charge on any atom is 0.326 e. The van der Waals surface area contributed by atoms with Crippen molar-refractivity contribution in [3.63, 3.8) is 0 Å². The van der Waals surface area contributed by atoms with Gasteiger partial charge in [-0.15, -0.1) is 0 Å². The summed E-state index contributed by atoms with van der Waals surface area (Å²) >= 11 is 0. The molecule has 0 saturated heterocycles. The quantitative estimate of drug-likeness (QED) is 0.556. The van der Waals surface area contributed by atoms with Crippen molar-refractivity contribution >= 4 is 17.6 Å². The van der Waals surface area contributed by atoms with E-state index in [1.54, 1.807) is 0 Å². The number of carbonyl (C=O) groups excluding carboxylic acids is 1. The third kappa shape index (κ3) is 5.78. The standard InChI is InChI=1S/C14H18N2O6/c1-9(2)6-12(14(18)19)15-13(17)8-22-11-5-3-4-10(7-11)16(20)21/h3-5,7,9,12H,6,8H2,1-2H3,(H,15,17)(H,18,19). The summed E-state index contributed by atoms with van der Waals surface area (Å²) in [6, 6.07) is 4.42. The van der Waals surface area contributed by atoms with Gasteiger partial charge in [0.15, 0.2) is 6.61 Å². The zero-order chi connectivity index (χ0) is 16.7. The normalized spacial score (nSPS) is 11.8. The van der Waals surface area contributed by atoms with E-state index < -0.39 is 29.4 Å². The van der Waals surface area contributed by atoms with Crippen LogP contribution in [0, 0.1) is 16.0 Å². The topological polar surface area (TPSA) is 119 Å². The molecule has 0 aliphatic carbocycles. The molecule has 1 aromatic carbocycles. The summed E-state index contributed by atoms with van der Waals surface area (Å²) < 4.78 is 5.13. The number of nitro groups is 1. The number of nitro benzene ring substituents is 1. The minimum absolute atomic E-state index is 0.110. The number of hydrogen-bond acceptors (Lipinski definition) is 5. The Morgan fingerprint density at radius 2 is 2.09 bits per heavy atom. The van der Waals surface area contributed by atoms with Gasteiger partial charge in [-0.25, -0.2) is 4.79 Å². The Balaban J connectivity index is 2.56. The average molecular weight is 310 g/mol. The van der Waals surface area contributed by atoms with Crippen LogP contribution in [0.15, 0.2) is 24.3 Å². The number of nitrogens with zero attached hydrogens (tertiary/aromatic N) is 1. The lowest BCUT2D eigenvalue weighted by atomic mass is 10.0. The fourth-order valence-electron chi connectivity index (χ4n) is 1.76. The van der Waals surface area contributed by atoms with Gasteiger partial charge in [0.25, 0.3) is 11.6 Å². The molecule has 1 atom stereocenters. The molecule has 2 N–H and O–H groups in total. The molecule has 0 radical (unpaired) electrons. The van der Waals surface area contributed by atoms with Gasteiger partial charge in [-0.05, 0) is 18.4 Å². The van der Waals surface area contributed by atoms with E-state index in [0.717, 1.165) is 0 Å². The second-order valence-electron chi connectivity index (χ2n) is 5.13. The van der Waals surface area contributed by atoms with Crippen LogP contribution in [0.2, 0.25) is 0 Å². The number of rotatable bonds is 8. The smallest absolute Gasteiger partial charge is 0.326 e. The number of carbonyl (C=O) groups is 2. The number of carboxylic acid groups (broad SMARTS) is 1. The maximum absolute atomic E-state index is 11.7. The Hall–Kier alpha value is -2.64. The van der Waals surface area contributed by atoms with E-state index >= 15 is 0 Å². The molecule has 1 amide bonds. The fourth-order valence-corrected chi connectivity index (χ4v) is 1.76. The first-order valence-electron chi connectivity index (χ1n) is 6.69. The van der Waals surface area contributed by atoms with Crippen molar-refractivity contribution in [3.8, 4) is 5.75 Å². The molecule has 1 aromatic rings. The minimum atomic E-state index is -1.11. The molecule has 22 heavy (non-hydrogen) atoms. The predicted molar refractivity (Wildman–Crippen MR) is 77.6 cm³/mol. The molecular weight excluding hydrogens is 292 g/mol. The molecule has 0 saturated carbocycles. The predicted octanol–water partition coefficient (Wildman–Crippen LogP) is 1.59.